The monoisotopic (exact) mass is 431 g/mol. The van der Waals surface area contributed by atoms with Crippen molar-refractivity contribution in [2.24, 2.45) is 17.8 Å². The van der Waals surface area contributed by atoms with Gasteiger partial charge >= 0.3 is 0 Å². The van der Waals surface area contributed by atoms with Crippen LogP contribution >= 0.6 is 11.1 Å². The molecule has 1 radical (unpaired) electrons. The highest BCUT2D eigenvalue weighted by Gasteiger charge is 2.30. The van der Waals surface area contributed by atoms with Gasteiger partial charge in [-0.2, -0.15) is 11.1 Å². The molecule has 2 aromatic rings. The summed E-state index contributed by atoms with van der Waals surface area (Å²) in [7, 11) is -0.500. The van der Waals surface area contributed by atoms with Crippen molar-refractivity contribution in [1.82, 2.24) is 0 Å². The number of benzene rings is 2. The van der Waals surface area contributed by atoms with Crippen LogP contribution in [0.2, 0.25) is 12.1 Å². The lowest BCUT2D eigenvalue weighted by Crippen LogP contribution is -2.26. The lowest BCUT2D eigenvalue weighted by atomic mass is 9.73. The smallest absolute Gasteiger partial charge is 0.165 e. The molecule has 29 heavy (non-hydrogen) atoms. The first-order valence-electron chi connectivity index (χ1n) is 11.1. The van der Waals surface area contributed by atoms with E-state index >= 15 is 0 Å². The van der Waals surface area contributed by atoms with E-state index in [4.69, 9.17) is 11.1 Å². The molecule has 0 amide bonds. The zero-order valence-corrected chi connectivity index (χ0v) is 18.7. The minimum absolute atomic E-state index is 0.500. The normalized spacial score (nSPS) is 24.0. The number of rotatable bonds is 5. The van der Waals surface area contributed by atoms with Gasteiger partial charge in [0.05, 0.1) is 0 Å². The number of halogens is 3. The van der Waals surface area contributed by atoms with Gasteiger partial charge in [-0.05, 0) is 84.3 Å². The molecular formula is C25H30ClF2Si. The molecule has 0 atom stereocenters. The molecule has 0 spiro atoms. The molecule has 0 nitrogen and oxygen atoms in total. The van der Waals surface area contributed by atoms with Crippen LogP contribution in [-0.4, -0.2) is 8.11 Å². The fraction of sp³-hybridized carbons (Fsp3) is 0.520. The first-order chi connectivity index (χ1) is 14.1. The highest BCUT2D eigenvalue weighted by atomic mass is 35.6. The quantitative estimate of drug-likeness (QED) is 0.332. The van der Waals surface area contributed by atoms with Crippen molar-refractivity contribution in [3.05, 3.63) is 59.7 Å². The summed E-state index contributed by atoms with van der Waals surface area (Å²) in [6.07, 6.45) is 10.7. The van der Waals surface area contributed by atoms with Crippen LogP contribution in [0.15, 0.2) is 42.5 Å². The van der Waals surface area contributed by atoms with Gasteiger partial charge in [-0.15, -0.1) is 0 Å². The molecule has 0 aromatic heterocycles. The zero-order valence-electron chi connectivity index (χ0n) is 17.0. The van der Waals surface area contributed by atoms with Crippen molar-refractivity contribution in [1.29, 1.82) is 0 Å². The predicted molar refractivity (Wildman–Crippen MR) is 120 cm³/mol. The molecule has 155 valence electrons. The molecule has 1 aliphatic carbocycles. The molecule has 1 saturated heterocycles. The Bertz CT molecular complexity index is 791. The molecule has 2 aliphatic rings. The van der Waals surface area contributed by atoms with E-state index in [9.17, 15) is 8.78 Å². The van der Waals surface area contributed by atoms with Gasteiger partial charge in [0.15, 0.2) is 19.7 Å². The molecule has 2 fully saturated rings. The van der Waals surface area contributed by atoms with Crippen LogP contribution in [0.5, 0.6) is 0 Å². The summed E-state index contributed by atoms with van der Waals surface area (Å²) in [6.45, 7) is 0. The minimum atomic E-state index is -0.798. The third-order valence-electron chi connectivity index (χ3n) is 7.18. The van der Waals surface area contributed by atoms with Crippen LogP contribution < -0.4 is 0 Å². The average Bonchev–Trinajstić information content (AvgIpc) is 2.76. The van der Waals surface area contributed by atoms with Gasteiger partial charge in [0.1, 0.15) is 0 Å². The highest BCUT2D eigenvalue weighted by Crippen LogP contribution is 2.41. The maximum absolute atomic E-state index is 13.5. The molecule has 1 aliphatic heterocycles. The second-order valence-corrected chi connectivity index (χ2v) is 12.6. The Morgan fingerprint density at radius 2 is 1.38 bits per heavy atom. The fourth-order valence-electron chi connectivity index (χ4n) is 5.28. The summed E-state index contributed by atoms with van der Waals surface area (Å²) < 4.78 is 26.6. The van der Waals surface area contributed by atoms with E-state index in [-0.39, 0.29) is 0 Å². The van der Waals surface area contributed by atoms with Crippen molar-refractivity contribution < 1.29 is 8.78 Å². The summed E-state index contributed by atoms with van der Waals surface area (Å²) in [5.74, 6) is 1.17. The molecule has 0 unspecified atom stereocenters. The van der Waals surface area contributed by atoms with Crippen LogP contribution in [0, 0.1) is 29.4 Å². The van der Waals surface area contributed by atoms with E-state index in [2.05, 4.69) is 12.1 Å². The van der Waals surface area contributed by atoms with Crippen LogP contribution in [0.25, 0.3) is 11.1 Å². The van der Waals surface area contributed by atoms with Crippen molar-refractivity contribution in [2.45, 2.75) is 63.5 Å². The van der Waals surface area contributed by atoms with E-state index in [0.717, 1.165) is 35.3 Å². The predicted octanol–water partition coefficient (Wildman–Crippen LogP) is 8.01. The lowest BCUT2D eigenvalue weighted by molar-refractivity contribution is 0.187. The zero-order chi connectivity index (χ0) is 20.2. The van der Waals surface area contributed by atoms with Gasteiger partial charge in [0.25, 0.3) is 0 Å². The second-order valence-electron chi connectivity index (χ2n) is 9.00. The Kier molecular flexibility index (Phi) is 7.07. The Hall–Kier alpha value is -1.19. The number of hydrogen-bond acceptors (Lipinski definition) is 0. The van der Waals surface area contributed by atoms with Crippen LogP contribution in [-0.2, 0) is 6.42 Å². The Balaban J connectivity index is 1.24. The first-order valence-corrected chi connectivity index (χ1v) is 14.1. The summed E-state index contributed by atoms with van der Waals surface area (Å²) in [5, 5.41) is 0. The molecule has 1 heterocycles. The molecular weight excluding hydrogens is 402 g/mol. The first kappa shape index (κ1) is 21.1. The van der Waals surface area contributed by atoms with E-state index < -0.39 is 19.7 Å². The molecule has 0 bridgehead atoms. The standard InChI is InChI=1S/C25H30ClF2Si/c26-29-15-13-22(14-16-29)20-7-3-18(4-8-20)1-2-19-5-9-21(10-6-19)23-11-12-24(27)25(28)17-23/h5-6,9-12,17-18,20,22H,1-4,7-8,13-16H2. The number of aryl methyl sites for hydroxylation is 1. The van der Waals surface area contributed by atoms with Gasteiger partial charge in [-0.3, -0.25) is 0 Å². The van der Waals surface area contributed by atoms with Crippen molar-refractivity contribution in [3.8, 4) is 11.1 Å². The van der Waals surface area contributed by atoms with Crippen LogP contribution in [0.4, 0.5) is 8.78 Å². The maximum Gasteiger partial charge on any atom is 0.165 e. The van der Waals surface area contributed by atoms with Crippen molar-refractivity contribution in [2.75, 3.05) is 0 Å². The summed E-state index contributed by atoms with van der Waals surface area (Å²) >= 11 is 6.37. The fourth-order valence-corrected chi connectivity index (χ4v) is 7.56. The second kappa shape index (κ2) is 9.74. The third-order valence-corrected chi connectivity index (χ3v) is 9.98. The van der Waals surface area contributed by atoms with Gasteiger partial charge in [-0.25, -0.2) is 8.78 Å². The Morgan fingerprint density at radius 3 is 2.03 bits per heavy atom. The minimum Gasteiger partial charge on any atom is -0.204 e. The average molecular weight is 432 g/mol. The topological polar surface area (TPSA) is 0 Å². The largest absolute Gasteiger partial charge is 0.204 e. The van der Waals surface area contributed by atoms with E-state index in [0.29, 0.717) is 0 Å². The van der Waals surface area contributed by atoms with Crippen molar-refractivity contribution >= 4 is 19.2 Å². The van der Waals surface area contributed by atoms with Crippen molar-refractivity contribution in [3.63, 3.8) is 0 Å². The summed E-state index contributed by atoms with van der Waals surface area (Å²) in [6, 6.07) is 15.0. The maximum atomic E-state index is 13.5. The number of hydrogen-bond donors (Lipinski definition) is 0. The van der Waals surface area contributed by atoms with Gasteiger partial charge in [0.2, 0.25) is 0 Å². The summed E-state index contributed by atoms with van der Waals surface area (Å²) in [5.41, 5.74) is 2.99. The Labute approximate surface area is 180 Å². The molecule has 4 heteroatoms. The van der Waals surface area contributed by atoms with Gasteiger partial charge in [0, 0.05) is 0 Å². The Morgan fingerprint density at radius 1 is 0.759 bits per heavy atom. The van der Waals surface area contributed by atoms with E-state index in [1.54, 1.807) is 6.07 Å². The molecule has 4 rings (SSSR count). The molecule has 1 saturated carbocycles. The third kappa shape index (κ3) is 5.49. The lowest BCUT2D eigenvalue weighted by Gasteiger charge is -2.36. The van der Waals surface area contributed by atoms with E-state index in [1.165, 1.54) is 74.7 Å². The highest BCUT2D eigenvalue weighted by molar-refractivity contribution is 7.07. The summed E-state index contributed by atoms with van der Waals surface area (Å²) in [4.78, 5) is 0. The van der Waals surface area contributed by atoms with Crippen LogP contribution in [0.3, 0.4) is 0 Å². The van der Waals surface area contributed by atoms with Gasteiger partial charge < -0.3 is 0 Å². The molecule has 2 aromatic carbocycles. The van der Waals surface area contributed by atoms with E-state index in [1.807, 2.05) is 12.1 Å². The van der Waals surface area contributed by atoms with Gasteiger partial charge in [-0.1, -0.05) is 56.0 Å². The SMILES string of the molecule is Fc1ccc(-c2ccc(CCC3CCC(C4CC[Si](Cl)CC4)CC3)cc2)cc1F. The van der Waals surface area contributed by atoms with Crippen LogP contribution in [0.1, 0.15) is 50.5 Å². The molecule has 0 N–H and O–H groups in total.